The summed E-state index contributed by atoms with van der Waals surface area (Å²) in [7, 11) is 0. The van der Waals surface area contributed by atoms with Crippen LogP contribution in [0.1, 0.15) is 9.60 Å². The predicted octanol–water partition coefficient (Wildman–Crippen LogP) is 1.02. The first kappa shape index (κ1) is 3.23. The van der Waals surface area contributed by atoms with Gasteiger partial charge < -0.3 is 9.47 Å². The van der Waals surface area contributed by atoms with E-state index < -0.39 is 31.3 Å². The van der Waals surface area contributed by atoms with Crippen LogP contribution < -0.4 is 4.74 Å². The van der Waals surface area contributed by atoms with Crippen LogP contribution >= 0.6 is 15.9 Å². The Morgan fingerprint density at radius 2 is 2.58 bits per heavy atom. The Bertz CT molecular complexity index is 526. The molecule has 5 heteroatoms. The summed E-state index contributed by atoms with van der Waals surface area (Å²) in [5, 5.41) is 0. The van der Waals surface area contributed by atoms with Gasteiger partial charge in [0.15, 0.2) is 0 Å². The number of aromatic nitrogens is 2. The molecule has 4 nitrogen and oxygen atoms in total. The second kappa shape index (κ2) is 3.37. The monoisotopic (exact) mass is 237 g/mol. The molecule has 0 spiro atoms. The second-order valence-electron chi connectivity index (χ2n) is 1.78. The van der Waals surface area contributed by atoms with Gasteiger partial charge in [0.1, 0.15) is 10.7 Å². The molecule has 0 aromatic carbocycles. The van der Waals surface area contributed by atoms with Crippen molar-refractivity contribution in [3.63, 3.8) is 0 Å². The van der Waals surface area contributed by atoms with Crippen molar-refractivity contribution >= 4 is 15.9 Å². The van der Waals surface area contributed by atoms with Crippen molar-refractivity contribution in [3.8, 4) is 5.88 Å². The molecule has 0 amide bonds. The average Bonchev–Trinajstić information content (AvgIpc) is 2.23. The van der Waals surface area contributed by atoms with Crippen molar-refractivity contribution in [2.24, 2.45) is 0 Å². The third-order valence-corrected chi connectivity index (χ3v) is 1.34. The molecule has 0 saturated carbocycles. The molecule has 1 saturated heterocycles. The van der Waals surface area contributed by atoms with Gasteiger partial charge in [0.05, 0.1) is 35.1 Å². The van der Waals surface area contributed by atoms with Gasteiger partial charge in [-0.15, -0.1) is 0 Å². The number of halogens is 1. The highest BCUT2D eigenvalue weighted by molar-refractivity contribution is 9.10. The predicted molar refractivity (Wildman–Crippen MR) is 45.0 cm³/mol. The van der Waals surface area contributed by atoms with E-state index in [0.717, 1.165) is 0 Å². The van der Waals surface area contributed by atoms with Crippen LogP contribution in [0.25, 0.3) is 0 Å². The third kappa shape index (κ3) is 1.73. The van der Waals surface area contributed by atoms with Crippen LogP contribution in [0, 0.1) is 0 Å². The molecule has 1 aromatic heterocycles. The van der Waals surface area contributed by atoms with E-state index in [1.807, 2.05) is 0 Å². The first-order valence-electron chi connectivity index (χ1n) is 6.40. The van der Waals surface area contributed by atoms with Gasteiger partial charge >= 0.3 is 0 Å². The zero-order chi connectivity index (χ0) is 14.6. The lowest BCUT2D eigenvalue weighted by atomic mass is 10.3. The quantitative estimate of drug-likeness (QED) is 0.771. The molecule has 1 fully saturated rings. The minimum absolute atomic E-state index is 0.0141. The fraction of sp³-hybridized carbons (Fsp3) is 0.429. The van der Waals surface area contributed by atoms with Crippen molar-refractivity contribution < 1.29 is 19.1 Å². The Labute approximate surface area is 87.9 Å². The van der Waals surface area contributed by atoms with Gasteiger partial charge in [-0.25, -0.2) is 9.97 Å². The summed E-state index contributed by atoms with van der Waals surface area (Å²) < 4.78 is 60.9. The van der Waals surface area contributed by atoms with E-state index in [1.165, 1.54) is 0 Å². The van der Waals surface area contributed by atoms with Gasteiger partial charge in [-0.2, -0.15) is 0 Å². The van der Waals surface area contributed by atoms with Gasteiger partial charge in [-0.1, -0.05) is 0 Å². The van der Waals surface area contributed by atoms with Gasteiger partial charge in [0.25, 0.3) is 0 Å². The molecule has 0 atom stereocenters. The summed E-state index contributed by atoms with van der Waals surface area (Å²) in [4.78, 5) is 7.06. The highest BCUT2D eigenvalue weighted by Gasteiger charge is 2.20. The number of hydrogen-bond donors (Lipinski definition) is 0. The normalized spacial score (nSPS) is 36.6. The van der Waals surface area contributed by atoms with Gasteiger partial charge in [-0.3, -0.25) is 0 Å². The van der Waals surface area contributed by atoms with E-state index in [2.05, 4.69) is 30.6 Å². The van der Waals surface area contributed by atoms with Crippen molar-refractivity contribution in [2.45, 2.75) is 6.08 Å². The van der Waals surface area contributed by atoms with E-state index in [1.54, 1.807) is 0 Å². The molecule has 0 bridgehead atoms. The van der Waals surface area contributed by atoms with Crippen LogP contribution in [0.2, 0.25) is 0 Å². The first-order valence-corrected chi connectivity index (χ1v) is 3.69. The lowest BCUT2D eigenvalue weighted by Crippen LogP contribution is -2.38. The molecule has 64 valence electrons. The van der Waals surface area contributed by atoms with Crippen LogP contribution in [-0.2, 0) is 4.74 Å². The van der Waals surface area contributed by atoms with E-state index >= 15 is 0 Å². The van der Waals surface area contributed by atoms with Crippen LogP contribution in [0.3, 0.4) is 0 Å². The number of hydrogen-bond acceptors (Lipinski definition) is 4. The van der Waals surface area contributed by atoms with Crippen molar-refractivity contribution in [2.75, 3.05) is 13.1 Å². The minimum Gasteiger partial charge on any atom is -0.468 e. The highest BCUT2D eigenvalue weighted by atomic mass is 79.9. The molecular weight excluding hydrogens is 224 g/mol. The lowest BCUT2D eigenvalue weighted by Gasteiger charge is -2.25. The standard InChI is InChI=1S/C7H7BrN2O2/c8-6-1-10-7(2-9-6)12-5-3-11-4-5/h1-2,5H,3-4H2/i1D,2D,3D2,4D2,5D. The molecular formula is C7H7BrN2O2. The van der Waals surface area contributed by atoms with Crippen LogP contribution in [0.5, 0.6) is 5.88 Å². The minimum atomic E-state index is -2.73. The Balaban J connectivity index is 2.38. The molecule has 1 aliphatic rings. The SMILES string of the molecule is [2H]c1nc(OC2([2H])C([2H])([2H])OC2([2H])[2H])c([2H])nc1Br. The van der Waals surface area contributed by atoms with Gasteiger partial charge in [0.2, 0.25) is 5.88 Å². The maximum Gasteiger partial charge on any atom is 0.232 e. The molecule has 0 aliphatic carbocycles. The zero-order valence-corrected chi connectivity index (χ0v) is 7.17. The maximum atomic E-state index is 7.70. The lowest BCUT2D eigenvalue weighted by molar-refractivity contribution is -0.0814. The summed E-state index contributed by atoms with van der Waals surface area (Å²) >= 11 is 2.88. The third-order valence-electron chi connectivity index (χ3n) is 0.986. The summed E-state index contributed by atoms with van der Waals surface area (Å²) in [6.45, 7) is -5.42. The van der Waals surface area contributed by atoms with Crippen molar-refractivity contribution in [3.05, 3.63) is 16.9 Å². The van der Waals surface area contributed by atoms with Gasteiger partial charge in [0, 0.05) is 0 Å². The van der Waals surface area contributed by atoms with Crippen LogP contribution in [-0.4, -0.2) is 29.2 Å². The molecule has 1 aromatic rings. The largest absolute Gasteiger partial charge is 0.468 e. The maximum absolute atomic E-state index is 7.70. The molecule has 2 heterocycles. The van der Waals surface area contributed by atoms with Gasteiger partial charge in [-0.05, 0) is 15.9 Å². The van der Waals surface area contributed by atoms with Crippen molar-refractivity contribution in [1.29, 1.82) is 0 Å². The van der Waals surface area contributed by atoms with Crippen molar-refractivity contribution in [1.82, 2.24) is 9.97 Å². The van der Waals surface area contributed by atoms with E-state index in [4.69, 9.17) is 14.3 Å². The van der Waals surface area contributed by atoms with E-state index in [-0.39, 0.29) is 10.8 Å². The Hall–Kier alpha value is -0.680. The molecule has 1 aliphatic heterocycles. The topological polar surface area (TPSA) is 44.2 Å². The molecule has 0 unspecified atom stereocenters. The molecule has 0 radical (unpaired) electrons. The number of ether oxygens (including phenoxy) is 2. The Kier molecular flexibility index (Phi) is 0.906. The Morgan fingerprint density at radius 1 is 1.75 bits per heavy atom. The molecule has 0 N–H and O–H groups in total. The highest BCUT2D eigenvalue weighted by Crippen LogP contribution is 2.13. The van der Waals surface area contributed by atoms with E-state index in [0.29, 0.717) is 0 Å². The summed E-state index contributed by atoms with van der Waals surface area (Å²) in [6.07, 6.45) is -3.66. The first-order chi connectivity index (χ1) is 8.50. The number of rotatable bonds is 2. The Morgan fingerprint density at radius 3 is 3.33 bits per heavy atom. The second-order valence-corrected chi connectivity index (χ2v) is 2.53. The summed E-state index contributed by atoms with van der Waals surface area (Å²) in [6, 6.07) is 0. The van der Waals surface area contributed by atoms with E-state index in [9.17, 15) is 0 Å². The smallest absolute Gasteiger partial charge is 0.232 e. The average molecular weight is 238 g/mol. The molecule has 12 heavy (non-hydrogen) atoms. The van der Waals surface area contributed by atoms with Crippen LogP contribution in [0.15, 0.2) is 16.9 Å². The fourth-order valence-electron chi connectivity index (χ4n) is 0.520. The zero-order valence-electron chi connectivity index (χ0n) is 12.6. The fourth-order valence-corrected chi connectivity index (χ4v) is 0.698. The summed E-state index contributed by atoms with van der Waals surface area (Å²) in [5.41, 5.74) is 0. The summed E-state index contributed by atoms with van der Waals surface area (Å²) in [5.74, 6) is -0.612. The molecule has 2 rings (SSSR count). The number of nitrogens with zero attached hydrogens (tertiary/aromatic N) is 2. The van der Waals surface area contributed by atoms with Crippen LogP contribution in [0.4, 0.5) is 0 Å².